The molecule has 1 unspecified atom stereocenters. The zero-order valence-corrected chi connectivity index (χ0v) is 19.2. The lowest BCUT2D eigenvalue weighted by molar-refractivity contribution is 0.0671. The van der Waals surface area contributed by atoms with E-state index in [1.807, 2.05) is 0 Å². The summed E-state index contributed by atoms with van der Waals surface area (Å²) in [6, 6.07) is 5.06. The van der Waals surface area contributed by atoms with Crippen LogP contribution in [0.4, 0.5) is 4.39 Å². The quantitative estimate of drug-likeness (QED) is 0.566. The Hall–Kier alpha value is -3.25. The van der Waals surface area contributed by atoms with Gasteiger partial charge in [0.05, 0.1) is 30.6 Å². The number of carbonyl (C=O) groups is 1. The zero-order valence-electron chi connectivity index (χ0n) is 18.4. The van der Waals surface area contributed by atoms with Crippen molar-refractivity contribution >= 4 is 26.8 Å². The van der Waals surface area contributed by atoms with E-state index >= 15 is 0 Å². The summed E-state index contributed by atoms with van der Waals surface area (Å²) in [6.07, 6.45) is 2.46. The van der Waals surface area contributed by atoms with E-state index in [1.165, 1.54) is 47.0 Å². The Morgan fingerprint density at radius 3 is 2.52 bits per heavy atom. The maximum atomic E-state index is 13.2. The van der Waals surface area contributed by atoms with Crippen LogP contribution in [0.1, 0.15) is 29.0 Å². The Morgan fingerprint density at radius 1 is 1.24 bits per heavy atom. The molecular formula is C21H24FN5O5S. The van der Waals surface area contributed by atoms with Gasteiger partial charge in [0, 0.05) is 26.7 Å². The van der Waals surface area contributed by atoms with Gasteiger partial charge in [-0.25, -0.2) is 21.8 Å². The summed E-state index contributed by atoms with van der Waals surface area (Å²) in [7, 11) is -2.06. The van der Waals surface area contributed by atoms with Gasteiger partial charge in [-0.15, -0.1) is 0 Å². The number of rotatable bonds is 6. The van der Waals surface area contributed by atoms with Gasteiger partial charge in [0.1, 0.15) is 11.2 Å². The summed E-state index contributed by atoms with van der Waals surface area (Å²) >= 11 is 0. The second-order valence-electron chi connectivity index (χ2n) is 8.10. The Bertz CT molecular complexity index is 1400. The molecule has 0 saturated heterocycles. The highest BCUT2D eigenvalue weighted by Gasteiger charge is 2.38. The van der Waals surface area contributed by atoms with Crippen LogP contribution in [0.3, 0.4) is 0 Å². The van der Waals surface area contributed by atoms with Crippen molar-refractivity contribution in [3.05, 3.63) is 57.9 Å². The molecule has 1 atom stereocenters. The minimum atomic E-state index is -3.50. The van der Waals surface area contributed by atoms with E-state index in [0.717, 1.165) is 15.2 Å². The molecule has 1 aliphatic rings. The van der Waals surface area contributed by atoms with Gasteiger partial charge in [-0.05, 0) is 24.6 Å². The Labute approximate surface area is 189 Å². The fourth-order valence-corrected chi connectivity index (χ4v) is 4.55. The van der Waals surface area contributed by atoms with E-state index in [-0.39, 0.29) is 36.2 Å². The molecule has 0 fully saturated rings. The molecule has 0 bridgehead atoms. The van der Waals surface area contributed by atoms with E-state index in [4.69, 9.17) is 0 Å². The van der Waals surface area contributed by atoms with Gasteiger partial charge in [0.2, 0.25) is 10.0 Å². The normalized spacial score (nSPS) is 16.6. The summed E-state index contributed by atoms with van der Waals surface area (Å²) < 4.78 is 41.0. The topological polar surface area (TPSA) is 118 Å². The summed E-state index contributed by atoms with van der Waals surface area (Å²) in [5.41, 5.74) is 0.208. The lowest BCUT2D eigenvalue weighted by Gasteiger charge is -2.35. The number of hydrogen-bond acceptors (Lipinski definition) is 6. The van der Waals surface area contributed by atoms with Crippen molar-refractivity contribution in [2.75, 3.05) is 32.9 Å². The Morgan fingerprint density at radius 2 is 1.91 bits per heavy atom. The largest absolute Gasteiger partial charge is 0.505 e. The molecule has 0 saturated carbocycles. The molecule has 3 aromatic rings. The average molecular weight is 478 g/mol. The van der Waals surface area contributed by atoms with Crippen LogP contribution in [0.2, 0.25) is 0 Å². The number of aromatic nitrogens is 3. The average Bonchev–Trinajstić information content (AvgIpc) is 3.06. The van der Waals surface area contributed by atoms with Crippen molar-refractivity contribution < 1.29 is 22.7 Å². The molecule has 12 heteroatoms. The molecule has 3 heterocycles. The molecule has 0 spiro atoms. The van der Waals surface area contributed by atoms with Gasteiger partial charge in [0.15, 0.2) is 11.4 Å². The summed E-state index contributed by atoms with van der Waals surface area (Å²) in [5.74, 6) is -1.31. The molecular weight excluding hydrogens is 453 g/mol. The summed E-state index contributed by atoms with van der Waals surface area (Å²) in [4.78, 5) is 27.7. The molecule has 176 valence electrons. The highest BCUT2D eigenvalue weighted by molar-refractivity contribution is 7.88. The number of fused-ring (bicyclic) bond motifs is 3. The van der Waals surface area contributed by atoms with E-state index < -0.39 is 39.1 Å². The van der Waals surface area contributed by atoms with Crippen LogP contribution in [0.15, 0.2) is 35.3 Å². The second kappa shape index (κ2) is 8.27. The minimum absolute atomic E-state index is 0.0392. The Balaban J connectivity index is 1.86. The predicted molar refractivity (Wildman–Crippen MR) is 119 cm³/mol. The fourth-order valence-electron chi connectivity index (χ4n) is 4.11. The fraction of sp³-hybridized carbons (Fsp3) is 0.381. The number of aromatic hydroxyl groups is 1. The molecule has 10 nitrogen and oxygen atoms in total. The smallest absolute Gasteiger partial charge is 0.280 e. The van der Waals surface area contributed by atoms with E-state index in [2.05, 4.69) is 5.10 Å². The first kappa shape index (κ1) is 22.9. The van der Waals surface area contributed by atoms with Crippen LogP contribution in [-0.2, 0) is 16.6 Å². The van der Waals surface area contributed by atoms with Crippen LogP contribution in [-0.4, -0.2) is 75.9 Å². The molecule has 1 N–H and O–H groups in total. The number of nitrogens with zero attached hydrogens (tertiary/aromatic N) is 5. The van der Waals surface area contributed by atoms with Gasteiger partial charge in [0.25, 0.3) is 11.5 Å². The molecule has 1 aliphatic heterocycles. The van der Waals surface area contributed by atoms with Crippen molar-refractivity contribution in [1.82, 2.24) is 23.6 Å². The van der Waals surface area contributed by atoms with Crippen LogP contribution >= 0.6 is 0 Å². The number of likely N-dealkylation sites (N-methyl/N-ethyl adjacent to an activating group) is 2. The number of amides is 1. The predicted octanol–water partition coefficient (Wildman–Crippen LogP) is 0.999. The molecule has 2 aromatic heterocycles. The van der Waals surface area contributed by atoms with Crippen LogP contribution in [0.5, 0.6) is 5.75 Å². The van der Waals surface area contributed by atoms with E-state index in [0.29, 0.717) is 12.1 Å². The summed E-state index contributed by atoms with van der Waals surface area (Å²) in [6.45, 7) is 2.43. The van der Waals surface area contributed by atoms with Crippen LogP contribution in [0.25, 0.3) is 10.9 Å². The number of sulfonamides is 1. The van der Waals surface area contributed by atoms with Crippen molar-refractivity contribution in [2.45, 2.75) is 19.5 Å². The highest BCUT2D eigenvalue weighted by Crippen LogP contribution is 2.36. The van der Waals surface area contributed by atoms with Crippen molar-refractivity contribution in [1.29, 1.82) is 0 Å². The highest BCUT2D eigenvalue weighted by atomic mass is 32.2. The molecule has 1 aromatic carbocycles. The molecule has 0 radical (unpaired) electrons. The Kier molecular flexibility index (Phi) is 5.74. The van der Waals surface area contributed by atoms with Crippen molar-refractivity contribution in [2.24, 2.45) is 0 Å². The van der Waals surface area contributed by atoms with Gasteiger partial charge in [-0.2, -0.15) is 5.10 Å². The minimum Gasteiger partial charge on any atom is -0.505 e. The lowest BCUT2D eigenvalue weighted by Crippen LogP contribution is -2.46. The third kappa shape index (κ3) is 4.00. The maximum absolute atomic E-state index is 13.2. The second-order valence-corrected chi connectivity index (χ2v) is 10.2. The van der Waals surface area contributed by atoms with Gasteiger partial charge < -0.3 is 14.6 Å². The van der Waals surface area contributed by atoms with Crippen molar-refractivity contribution in [3.63, 3.8) is 0 Å². The van der Waals surface area contributed by atoms with Crippen LogP contribution in [0, 0.1) is 5.82 Å². The summed E-state index contributed by atoms with van der Waals surface area (Å²) in [5, 5.41) is 15.1. The van der Waals surface area contributed by atoms with Gasteiger partial charge in [-0.1, -0.05) is 12.1 Å². The first-order chi connectivity index (χ1) is 15.5. The van der Waals surface area contributed by atoms with E-state index in [9.17, 15) is 27.5 Å². The standard InChI is InChI=1S/C21H24FN5O5S/c1-4-25-12-15(11-24(2)33(3,31)32)27-16-9-23-26(10-13-5-7-14(22)8-6-13)20(29)17(16)19(28)18(27)21(25)30/h5-9,15,28H,4,10-12H2,1-3H3. The third-order valence-electron chi connectivity index (χ3n) is 5.93. The first-order valence-electron chi connectivity index (χ1n) is 10.3. The van der Waals surface area contributed by atoms with Gasteiger partial charge in [-0.3, -0.25) is 9.59 Å². The van der Waals surface area contributed by atoms with Gasteiger partial charge >= 0.3 is 0 Å². The molecule has 4 rings (SSSR count). The molecule has 0 aliphatic carbocycles. The van der Waals surface area contributed by atoms with E-state index in [1.54, 1.807) is 6.92 Å². The number of carbonyl (C=O) groups excluding carboxylic acids is 1. The number of hydrogen-bond donors (Lipinski definition) is 1. The number of benzene rings is 1. The SMILES string of the molecule is CCN1CC(CN(C)S(C)(=O)=O)n2c(c(O)c3c(=O)n(Cc4ccc(F)cc4)ncc32)C1=O. The lowest BCUT2D eigenvalue weighted by atomic mass is 10.1. The monoisotopic (exact) mass is 477 g/mol. The molecule has 33 heavy (non-hydrogen) atoms. The van der Waals surface area contributed by atoms with Crippen LogP contribution < -0.4 is 5.56 Å². The van der Waals surface area contributed by atoms with Crippen molar-refractivity contribution in [3.8, 4) is 5.75 Å². The zero-order chi connectivity index (χ0) is 24.1. The molecule has 1 amide bonds. The third-order valence-corrected chi connectivity index (χ3v) is 7.21. The number of halogens is 1. The first-order valence-corrected chi connectivity index (χ1v) is 12.2. The maximum Gasteiger partial charge on any atom is 0.280 e.